The van der Waals surface area contributed by atoms with Crippen LogP contribution in [0.3, 0.4) is 0 Å². The highest BCUT2D eigenvalue weighted by molar-refractivity contribution is 5.89. The zero-order valence-corrected chi connectivity index (χ0v) is 17.7. The highest BCUT2D eigenvalue weighted by Gasteiger charge is 2.12. The summed E-state index contributed by atoms with van der Waals surface area (Å²) in [5, 5.41) is 11.7. The molecule has 5 aromatic rings. The summed E-state index contributed by atoms with van der Waals surface area (Å²) in [6, 6.07) is 29.1. The van der Waals surface area contributed by atoms with Crippen molar-refractivity contribution in [2.75, 3.05) is 11.9 Å². The number of benzene rings is 3. The predicted octanol–water partition coefficient (Wildman–Crippen LogP) is 5.27. The molecule has 0 bridgehead atoms. The van der Waals surface area contributed by atoms with Gasteiger partial charge in [0.05, 0.1) is 29.3 Å². The molecule has 2 aromatic heterocycles. The molecule has 0 aliphatic carbocycles. The molecular weight excluding hydrogens is 394 g/mol. The minimum Gasteiger partial charge on any atom is -0.382 e. The van der Waals surface area contributed by atoms with E-state index in [2.05, 4.69) is 64.0 Å². The molecule has 0 saturated carbocycles. The lowest BCUT2D eigenvalue weighted by molar-refractivity contribution is 0.699. The van der Waals surface area contributed by atoms with Gasteiger partial charge in [-0.15, -0.1) is 0 Å². The Labute approximate surface area is 187 Å². The van der Waals surface area contributed by atoms with Gasteiger partial charge in [-0.2, -0.15) is 5.10 Å². The average molecular weight is 420 g/mol. The van der Waals surface area contributed by atoms with Gasteiger partial charge in [0, 0.05) is 29.1 Å². The van der Waals surface area contributed by atoms with Gasteiger partial charge in [-0.05, 0) is 35.7 Å². The van der Waals surface area contributed by atoms with Crippen LogP contribution >= 0.6 is 0 Å². The van der Waals surface area contributed by atoms with Crippen molar-refractivity contribution < 1.29 is 0 Å². The van der Waals surface area contributed by atoms with Crippen molar-refractivity contribution in [3.05, 3.63) is 103 Å². The molecule has 1 atom stereocenters. The molecule has 0 unspecified atom stereocenters. The maximum absolute atomic E-state index is 6.38. The first-order valence-corrected chi connectivity index (χ1v) is 10.8. The predicted molar refractivity (Wildman–Crippen MR) is 131 cm³/mol. The lowest BCUT2D eigenvalue weighted by Crippen LogP contribution is -2.31. The van der Waals surface area contributed by atoms with Gasteiger partial charge in [-0.25, -0.2) is 0 Å². The number of pyridine rings is 1. The molecule has 5 rings (SSSR count). The van der Waals surface area contributed by atoms with E-state index >= 15 is 0 Å². The molecule has 0 amide bonds. The molecule has 0 spiro atoms. The normalized spacial score (nSPS) is 12.0. The second-order valence-electron chi connectivity index (χ2n) is 7.99. The second-order valence-corrected chi connectivity index (χ2v) is 7.99. The number of nitrogens with zero attached hydrogens (tertiary/aromatic N) is 2. The number of nitrogens with two attached hydrogens (primary N) is 1. The lowest BCUT2D eigenvalue weighted by atomic mass is 9.98. The second kappa shape index (κ2) is 9.04. The maximum atomic E-state index is 6.38. The SMILES string of the molecule is N[C@@H](CNc1cnc(-c2ccccc2)c(-c2ccc3[nH]ncc3c2)c1)Cc1ccccc1. The van der Waals surface area contributed by atoms with Gasteiger partial charge in [0.1, 0.15) is 0 Å². The van der Waals surface area contributed by atoms with Crippen LogP contribution < -0.4 is 11.1 Å². The molecule has 0 fully saturated rings. The van der Waals surface area contributed by atoms with E-state index in [9.17, 15) is 0 Å². The van der Waals surface area contributed by atoms with Crippen molar-refractivity contribution >= 4 is 16.6 Å². The Hall–Kier alpha value is -3.96. The fraction of sp³-hybridized carbons (Fsp3) is 0.111. The van der Waals surface area contributed by atoms with Crippen LogP contribution in [-0.2, 0) is 6.42 Å². The highest BCUT2D eigenvalue weighted by atomic mass is 15.1. The first-order chi connectivity index (χ1) is 15.8. The molecule has 5 nitrogen and oxygen atoms in total. The number of anilines is 1. The zero-order valence-electron chi connectivity index (χ0n) is 17.7. The monoisotopic (exact) mass is 419 g/mol. The Kier molecular flexibility index (Phi) is 5.64. The first-order valence-electron chi connectivity index (χ1n) is 10.8. The van der Waals surface area contributed by atoms with Crippen molar-refractivity contribution in [1.29, 1.82) is 0 Å². The van der Waals surface area contributed by atoms with Gasteiger partial charge in [0.2, 0.25) is 0 Å². The summed E-state index contributed by atoms with van der Waals surface area (Å²) in [5.41, 5.74) is 13.8. The summed E-state index contributed by atoms with van der Waals surface area (Å²) in [6.45, 7) is 0.668. The van der Waals surface area contributed by atoms with E-state index in [0.717, 1.165) is 45.4 Å². The van der Waals surface area contributed by atoms with Crippen molar-refractivity contribution in [3.8, 4) is 22.4 Å². The van der Waals surface area contributed by atoms with E-state index in [0.29, 0.717) is 6.54 Å². The number of H-pyrrole nitrogens is 1. The third kappa shape index (κ3) is 4.38. The topological polar surface area (TPSA) is 79.6 Å². The Morgan fingerprint density at radius 3 is 2.44 bits per heavy atom. The minimum atomic E-state index is 0.0110. The van der Waals surface area contributed by atoms with Crippen LogP contribution in [0.1, 0.15) is 5.56 Å². The van der Waals surface area contributed by atoms with E-state index in [4.69, 9.17) is 10.7 Å². The molecule has 0 radical (unpaired) electrons. The molecule has 0 aliphatic heterocycles. The van der Waals surface area contributed by atoms with Crippen LogP contribution in [-0.4, -0.2) is 27.8 Å². The minimum absolute atomic E-state index is 0.0110. The van der Waals surface area contributed by atoms with E-state index in [-0.39, 0.29) is 6.04 Å². The Morgan fingerprint density at radius 1 is 0.844 bits per heavy atom. The third-order valence-corrected chi connectivity index (χ3v) is 5.60. The number of nitrogens with one attached hydrogen (secondary N) is 2. The van der Waals surface area contributed by atoms with E-state index in [1.54, 1.807) is 0 Å². The summed E-state index contributed by atoms with van der Waals surface area (Å²) in [6.07, 6.45) is 4.56. The Morgan fingerprint density at radius 2 is 1.62 bits per heavy atom. The van der Waals surface area contributed by atoms with Crippen molar-refractivity contribution in [1.82, 2.24) is 15.2 Å². The number of fused-ring (bicyclic) bond motifs is 1. The smallest absolute Gasteiger partial charge is 0.0781 e. The fourth-order valence-corrected chi connectivity index (χ4v) is 3.96. The van der Waals surface area contributed by atoms with Gasteiger partial charge in [0.25, 0.3) is 0 Å². The van der Waals surface area contributed by atoms with Gasteiger partial charge in [0.15, 0.2) is 0 Å². The first kappa shape index (κ1) is 20.0. The van der Waals surface area contributed by atoms with Crippen molar-refractivity contribution in [3.63, 3.8) is 0 Å². The van der Waals surface area contributed by atoms with Crippen molar-refractivity contribution in [2.45, 2.75) is 12.5 Å². The third-order valence-electron chi connectivity index (χ3n) is 5.60. The number of hydrogen-bond acceptors (Lipinski definition) is 4. The molecular formula is C27H25N5. The Bertz CT molecular complexity index is 1310. The van der Waals surface area contributed by atoms with Crippen LogP contribution in [0.5, 0.6) is 0 Å². The molecule has 0 saturated heterocycles. The molecule has 32 heavy (non-hydrogen) atoms. The number of rotatable bonds is 7. The summed E-state index contributed by atoms with van der Waals surface area (Å²) >= 11 is 0. The van der Waals surface area contributed by atoms with Crippen LogP contribution in [0.25, 0.3) is 33.3 Å². The molecule has 2 heterocycles. The lowest BCUT2D eigenvalue weighted by Gasteiger charge is -2.16. The number of hydrogen-bond donors (Lipinski definition) is 3. The van der Waals surface area contributed by atoms with Crippen molar-refractivity contribution in [2.24, 2.45) is 5.73 Å². The van der Waals surface area contributed by atoms with Crippen LogP contribution in [0.15, 0.2) is 97.3 Å². The largest absolute Gasteiger partial charge is 0.382 e. The van der Waals surface area contributed by atoms with Crippen LogP contribution in [0.4, 0.5) is 5.69 Å². The quantitative estimate of drug-likeness (QED) is 0.336. The summed E-state index contributed by atoms with van der Waals surface area (Å²) < 4.78 is 0. The number of aromatic amines is 1. The number of aromatic nitrogens is 3. The van der Waals surface area contributed by atoms with E-state index in [1.807, 2.05) is 48.8 Å². The summed E-state index contributed by atoms with van der Waals surface area (Å²) in [7, 11) is 0. The molecule has 158 valence electrons. The van der Waals surface area contributed by atoms with E-state index in [1.165, 1.54) is 5.56 Å². The molecule has 0 aliphatic rings. The highest BCUT2D eigenvalue weighted by Crippen LogP contribution is 2.33. The average Bonchev–Trinajstić information content (AvgIpc) is 3.32. The zero-order chi connectivity index (χ0) is 21.8. The molecule has 3 aromatic carbocycles. The summed E-state index contributed by atoms with van der Waals surface area (Å²) in [4.78, 5) is 4.83. The van der Waals surface area contributed by atoms with Crippen LogP contribution in [0.2, 0.25) is 0 Å². The standard InChI is InChI=1S/C27H25N5/c28-23(13-19-7-3-1-4-8-19)17-29-24-15-25(21-11-12-26-22(14-21)16-31-32-26)27(30-18-24)20-9-5-2-6-10-20/h1-12,14-16,18,23,29H,13,17,28H2,(H,31,32)/t23-/m1/s1. The molecule has 4 N–H and O–H groups in total. The Balaban J connectivity index is 1.44. The van der Waals surface area contributed by atoms with Gasteiger partial charge in [-0.1, -0.05) is 66.7 Å². The summed E-state index contributed by atoms with van der Waals surface area (Å²) in [5.74, 6) is 0. The van der Waals surface area contributed by atoms with Gasteiger partial charge < -0.3 is 11.1 Å². The fourth-order valence-electron chi connectivity index (χ4n) is 3.96. The van der Waals surface area contributed by atoms with Gasteiger partial charge >= 0.3 is 0 Å². The van der Waals surface area contributed by atoms with E-state index < -0.39 is 0 Å². The van der Waals surface area contributed by atoms with Gasteiger partial charge in [-0.3, -0.25) is 10.1 Å². The molecule has 5 heteroatoms. The van der Waals surface area contributed by atoms with Crippen LogP contribution in [0, 0.1) is 0 Å². The maximum Gasteiger partial charge on any atom is 0.0781 e.